The van der Waals surface area contributed by atoms with E-state index in [4.69, 9.17) is 23.2 Å². The summed E-state index contributed by atoms with van der Waals surface area (Å²) in [4.78, 5) is 0. The Hall–Kier alpha value is -0.640. The van der Waals surface area contributed by atoms with Crippen molar-refractivity contribution in [2.75, 3.05) is 5.88 Å². The number of aryl methyl sites for hydroxylation is 1. The predicted octanol–water partition coefficient (Wildman–Crippen LogP) is 3.64. The molecule has 0 fully saturated rings. The molecule has 0 radical (unpaired) electrons. The number of hydrogen-bond donors (Lipinski definition) is 0. The average molecular weight is 259 g/mol. The monoisotopic (exact) mass is 258 g/mol. The molecule has 0 spiro atoms. The zero-order valence-electron chi connectivity index (χ0n) is 7.78. The number of hydrogen-bond acceptors (Lipinski definition) is 3. The van der Waals surface area contributed by atoms with Gasteiger partial charge in [0.15, 0.2) is 0 Å². The van der Waals surface area contributed by atoms with E-state index in [1.165, 1.54) is 0 Å². The van der Waals surface area contributed by atoms with Crippen molar-refractivity contribution < 1.29 is 0 Å². The fourth-order valence-electron chi connectivity index (χ4n) is 1.14. The Balaban J connectivity index is 2.25. The highest BCUT2D eigenvalue weighted by atomic mass is 35.5. The summed E-state index contributed by atoms with van der Waals surface area (Å²) in [6, 6.07) is 7.57. The Kier molecular flexibility index (Phi) is 3.57. The van der Waals surface area contributed by atoms with Gasteiger partial charge in [-0.1, -0.05) is 35.1 Å². The molecule has 78 valence electrons. The van der Waals surface area contributed by atoms with Crippen LogP contribution in [-0.4, -0.2) is 16.1 Å². The Bertz CT molecular complexity index is 439. The first-order chi connectivity index (χ1) is 7.29. The maximum Gasteiger partial charge on any atom is 0.147 e. The van der Waals surface area contributed by atoms with Gasteiger partial charge >= 0.3 is 0 Å². The Morgan fingerprint density at radius 3 is 2.53 bits per heavy atom. The molecule has 0 atom stereocenters. The second kappa shape index (κ2) is 4.92. The molecule has 0 aliphatic carbocycles. The van der Waals surface area contributed by atoms with E-state index < -0.39 is 0 Å². The van der Waals surface area contributed by atoms with Crippen LogP contribution in [0, 0.1) is 0 Å². The van der Waals surface area contributed by atoms with Crippen molar-refractivity contribution in [2.45, 2.75) is 6.42 Å². The van der Waals surface area contributed by atoms with Crippen LogP contribution in [-0.2, 0) is 6.42 Å². The lowest BCUT2D eigenvalue weighted by molar-refractivity contribution is 0.990. The van der Waals surface area contributed by atoms with Crippen molar-refractivity contribution in [1.29, 1.82) is 0 Å². The van der Waals surface area contributed by atoms with Crippen LogP contribution in [0.25, 0.3) is 10.6 Å². The van der Waals surface area contributed by atoms with E-state index in [0.29, 0.717) is 5.88 Å². The maximum absolute atomic E-state index is 5.80. The van der Waals surface area contributed by atoms with Crippen LogP contribution in [0.1, 0.15) is 5.01 Å². The Morgan fingerprint density at radius 2 is 1.87 bits per heavy atom. The minimum absolute atomic E-state index is 0.579. The number of rotatable bonds is 3. The van der Waals surface area contributed by atoms with E-state index in [-0.39, 0.29) is 0 Å². The number of halogens is 2. The normalized spacial score (nSPS) is 10.5. The number of nitrogens with zero attached hydrogens (tertiary/aromatic N) is 2. The molecule has 0 saturated carbocycles. The van der Waals surface area contributed by atoms with Gasteiger partial charge in [0, 0.05) is 22.9 Å². The zero-order valence-corrected chi connectivity index (χ0v) is 10.1. The minimum atomic E-state index is 0.579. The lowest BCUT2D eigenvalue weighted by Crippen LogP contribution is -1.82. The molecule has 0 aliphatic rings. The highest BCUT2D eigenvalue weighted by molar-refractivity contribution is 7.14. The number of benzene rings is 1. The number of aromatic nitrogens is 2. The van der Waals surface area contributed by atoms with E-state index >= 15 is 0 Å². The third kappa shape index (κ3) is 2.68. The van der Waals surface area contributed by atoms with Crippen LogP contribution in [0.15, 0.2) is 24.3 Å². The van der Waals surface area contributed by atoms with E-state index in [1.54, 1.807) is 11.3 Å². The first kappa shape index (κ1) is 10.9. The van der Waals surface area contributed by atoms with Gasteiger partial charge in [0.05, 0.1) is 0 Å². The Morgan fingerprint density at radius 1 is 1.13 bits per heavy atom. The zero-order chi connectivity index (χ0) is 10.7. The van der Waals surface area contributed by atoms with E-state index in [1.807, 2.05) is 24.3 Å². The smallest absolute Gasteiger partial charge is 0.143 e. The van der Waals surface area contributed by atoms with Crippen LogP contribution >= 0.6 is 34.5 Å². The third-order valence-electron chi connectivity index (χ3n) is 1.87. The fourth-order valence-corrected chi connectivity index (χ4v) is 2.41. The minimum Gasteiger partial charge on any atom is -0.143 e. The van der Waals surface area contributed by atoms with Crippen molar-refractivity contribution in [3.63, 3.8) is 0 Å². The van der Waals surface area contributed by atoms with E-state index in [9.17, 15) is 0 Å². The van der Waals surface area contributed by atoms with Crippen LogP contribution in [0.3, 0.4) is 0 Å². The average Bonchev–Trinajstić information content (AvgIpc) is 2.68. The SMILES string of the molecule is ClCCc1nnc(-c2ccc(Cl)cc2)s1. The van der Waals surface area contributed by atoms with Gasteiger partial charge < -0.3 is 0 Å². The van der Waals surface area contributed by atoms with Crippen molar-refractivity contribution in [3.8, 4) is 10.6 Å². The highest BCUT2D eigenvalue weighted by Gasteiger charge is 2.05. The summed E-state index contributed by atoms with van der Waals surface area (Å²) in [5, 5.41) is 10.8. The molecule has 2 aromatic rings. The van der Waals surface area contributed by atoms with Crippen LogP contribution in [0.5, 0.6) is 0 Å². The van der Waals surface area contributed by atoms with Gasteiger partial charge in [0.2, 0.25) is 0 Å². The van der Waals surface area contributed by atoms with Gasteiger partial charge in [-0.25, -0.2) is 0 Å². The van der Waals surface area contributed by atoms with Gasteiger partial charge in [0.25, 0.3) is 0 Å². The molecule has 1 heterocycles. The van der Waals surface area contributed by atoms with Crippen LogP contribution < -0.4 is 0 Å². The predicted molar refractivity (Wildman–Crippen MR) is 64.8 cm³/mol. The first-order valence-electron chi connectivity index (χ1n) is 4.44. The topological polar surface area (TPSA) is 25.8 Å². The molecule has 5 heteroatoms. The lowest BCUT2D eigenvalue weighted by Gasteiger charge is -1.93. The van der Waals surface area contributed by atoms with Crippen LogP contribution in [0.2, 0.25) is 5.02 Å². The largest absolute Gasteiger partial charge is 0.147 e. The van der Waals surface area contributed by atoms with Crippen molar-refractivity contribution >= 4 is 34.5 Å². The van der Waals surface area contributed by atoms with Gasteiger partial charge in [0.1, 0.15) is 10.0 Å². The summed E-state index contributed by atoms with van der Waals surface area (Å²) in [5.74, 6) is 0.579. The molecule has 2 rings (SSSR count). The molecule has 2 nitrogen and oxygen atoms in total. The molecule has 0 bridgehead atoms. The summed E-state index contributed by atoms with van der Waals surface area (Å²) in [5.41, 5.74) is 1.04. The van der Waals surface area contributed by atoms with Crippen molar-refractivity contribution in [3.05, 3.63) is 34.3 Å². The summed E-state index contributed by atoms with van der Waals surface area (Å²) in [6.45, 7) is 0. The fraction of sp³-hybridized carbons (Fsp3) is 0.200. The van der Waals surface area contributed by atoms with Gasteiger partial charge in [-0.15, -0.1) is 21.8 Å². The van der Waals surface area contributed by atoms with E-state index in [0.717, 1.165) is 27.0 Å². The summed E-state index contributed by atoms with van der Waals surface area (Å²) in [6.07, 6.45) is 0.771. The van der Waals surface area contributed by atoms with Crippen LogP contribution in [0.4, 0.5) is 0 Å². The molecule has 0 N–H and O–H groups in total. The molecule has 1 aromatic carbocycles. The second-order valence-corrected chi connectivity index (χ2v) is 4.82. The summed E-state index contributed by atoms with van der Waals surface area (Å²) < 4.78 is 0. The molecule has 15 heavy (non-hydrogen) atoms. The maximum atomic E-state index is 5.80. The van der Waals surface area contributed by atoms with Crippen molar-refractivity contribution in [2.24, 2.45) is 0 Å². The standard InChI is InChI=1S/C10H8Cl2N2S/c11-6-5-9-13-14-10(15-9)7-1-3-8(12)4-2-7/h1-4H,5-6H2. The molecule has 1 aromatic heterocycles. The molecule has 0 saturated heterocycles. The van der Waals surface area contributed by atoms with Gasteiger partial charge in [-0.2, -0.15) is 0 Å². The number of alkyl halides is 1. The lowest BCUT2D eigenvalue weighted by atomic mass is 10.2. The Labute approximate surface area is 102 Å². The highest BCUT2D eigenvalue weighted by Crippen LogP contribution is 2.24. The van der Waals surface area contributed by atoms with E-state index in [2.05, 4.69) is 10.2 Å². The summed E-state index contributed by atoms with van der Waals surface area (Å²) in [7, 11) is 0. The first-order valence-corrected chi connectivity index (χ1v) is 6.17. The van der Waals surface area contributed by atoms with Crippen molar-refractivity contribution in [1.82, 2.24) is 10.2 Å². The molecule has 0 aliphatic heterocycles. The van der Waals surface area contributed by atoms with Gasteiger partial charge in [-0.05, 0) is 12.1 Å². The second-order valence-electron chi connectivity index (χ2n) is 2.95. The quantitative estimate of drug-likeness (QED) is 0.786. The molecule has 0 unspecified atom stereocenters. The summed E-state index contributed by atoms with van der Waals surface area (Å²) >= 11 is 13.0. The molecular weight excluding hydrogens is 251 g/mol. The molecule has 0 amide bonds. The third-order valence-corrected chi connectivity index (χ3v) is 3.34. The molecular formula is C10H8Cl2N2S. The van der Waals surface area contributed by atoms with Gasteiger partial charge in [-0.3, -0.25) is 0 Å².